The van der Waals surface area contributed by atoms with Crippen LogP contribution >= 0.6 is 0 Å². The Balaban J connectivity index is 2.18. The van der Waals surface area contributed by atoms with Crippen LogP contribution in [-0.4, -0.2) is 110 Å². The van der Waals surface area contributed by atoms with Crippen LogP contribution in [0.4, 0.5) is 0 Å². The van der Waals surface area contributed by atoms with Crippen LogP contribution in [0.5, 0.6) is 0 Å². The number of allylic oxidation sites excluding steroid dienone is 4. The molecule has 0 aromatic heterocycles. The van der Waals surface area contributed by atoms with Crippen molar-refractivity contribution in [2.24, 2.45) is 0 Å². The van der Waals surface area contributed by atoms with Gasteiger partial charge in [0.05, 0.1) is 25.4 Å². The summed E-state index contributed by atoms with van der Waals surface area (Å²) in [5.41, 5.74) is 0. The molecule has 11 heteroatoms. The van der Waals surface area contributed by atoms with Crippen molar-refractivity contribution >= 4 is 5.91 Å². The van der Waals surface area contributed by atoms with Gasteiger partial charge in [-0.05, 0) is 51.4 Å². The molecule has 0 spiro atoms. The van der Waals surface area contributed by atoms with Gasteiger partial charge in [0.25, 0.3) is 0 Å². The molecule has 1 heterocycles. The summed E-state index contributed by atoms with van der Waals surface area (Å²) < 4.78 is 11.2. The van der Waals surface area contributed by atoms with Crippen molar-refractivity contribution in [2.75, 3.05) is 13.2 Å². The highest BCUT2D eigenvalue weighted by molar-refractivity contribution is 5.80. The number of carbonyl (C=O) groups excluding carboxylic acids is 1. The molecule has 0 radical (unpaired) electrons. The molecule has 1 amide bonds. The summed E-state index contributed by atoms with van der Waals surface area (Å²) >= 11 is 0. The summed E-state index contributed by atoms with van der Waals surface area (Å²) in [6, 6.07) is -1.19. The van der Waals surface area contributed by atoms with Crippen molar-refractivity contribution in [1.82, 2.24) is 5.32 Å². The maximum Gasteiger partial charge on any atom is 0.249 e. The summed E-state index contributed by atoms with van der Waals surface area (Å²) in [6.07, 6.45) is 71.5. The summed E-state index contributed by atoms with van der Waals surface area (Å²) in [6.45, 7) is 3.51. The van der Waals surface area contributed by atoms with E-state index in [9.17, 15) is 40.5 Å². The van der Waals surface area contributed by atoms with Crippen LogP contribution in [0.15, 0.2) is 24.3 Å². The van der Waals surface area contributed by atoms with Gasteiger partial charge in [0.2, 0.25) is 5.91 Å². The maximum absolute atomic E-state index is 13.3. The Morgan fingerprint density at radius 1 is 0.391 bits per heavy atom. The van der Waals surface area contributed by atoms with Crippen LogP contribution in [0.1, 0.15) is 386 Å². The van der Waals surface area contributed by atoms with Crippen LogP contribution in [0, 0.1) is 0 Å². The van der Waals surface area contributed by atoms with Crippen LogP contribution in [0.3, 0.4) is 0 Å². The molecule has 1 aliphatic rings. The molecule has 1 rings (SSSR count). The van der Waals surface area contributed by atoms with E-state index in [0.29, 0.717) is 19.3 Å². The zero-order valence-corrected chi connectivity index (χ0v) is 57.3. The highest BCUT2D eigenvalue weighted by Gasteiger charge is 2.44. The minimum atomic E-state index is -1.67. The average Bonchev–Trinajstić information content (AvgIpc) is 1.97. The molecule has 87 heavy (non-hydrogen) atoms. The Morgan fingerprint density at radius 2 is 0.690 bits per heavy atom. The number of rotatable bonds is 68. The number of nitrogens with one attached hydrogen (secondary N) is 1. The second kappa shape index (κ2) is 64.7. The quantitative estimate of drug-likeness (QED) is 0.0215. The van der Waals surface area contributed by atoms with Gasteiger partial charge in [0, 0.05) is 0 Å². The van der Waals surface area contributed by atoms with Crippen molar-refractivity contribution in [3.05, 3.63) is 24.3 Å². The van der Waals surface area contributed by atoms with Gasteiger partial charge in [0.1, 0.15) is 36.6 Å². The number of aliphatic hydroxyl groups is 7. The lowest BCUT2D eigenvalue weighted by atomic mass is 9.98. The van der Waals surface area contributed by atoms with Gasteiger partial charge in [0.15, 0.2) is 6.29 Å². The number of aliphatic hydroxyl groups excluding tert-OH is 7. The fourth-order valence-corrected chi connectivity index (χ4v) is 12.6. The highest BCUT2D eigenvalue weighted by atomic mass is 16.7. The van der Waals surface area contributed by atoms with E-state index in [1.165, 1.54) is 302 Å². The van der Waals surface area contributed by atoms with Gasteiger partial charge >= 0.3 is 0 Å². The van der Waals surface area contributed by atoms with Crippen LogP contribution in [0.25, 0.3) is 0 Å². The Bertz CT molecular complexity index is 1460. The summed E-state index contributed by atoms with van der Waals surface area (Å²) in [5.74, 6) is -0.702. The number of carbonyl (C=O) groups is 1. The molecular weight excluding hydrogens is 1090 g/mol. The number of amides is 1. The van der Waals surface area contributed by atoms with Crippen molar-refractivity contribution < 1.29 is 50.0 Å². The molecule has 0 saturated carbocycles. The minimum absolute atomic E-state index is 0.250. The fourth-order valence-electron chi connectivity index (χ4n) is 12.6. The number of ether oxygens (including phenoxy) is 2. The summed E-state index contributed by atoms with van der Waals surface area (Å²) in [5, 5.41) is 76.6. The van der Waals surface area contributed by atoms with Crippen LogP contribution in [0.2, 0.25) is 0 Å². The summed E-state index contributed by atoms with van der Waals surface area (Å²) in [4.78, 5) is 13.3. The molecule has 0 aliphatic carbocycles. The summed E-state index contributed by atoms with van der Waals surface area (Å²) in [7, 11) is 0. The van der Waals surface area contributed by atoms with Gasteiger partial charge in [-0.1, -0.05) is 359 Å². The van der Waals surface area contributed by atoms with E-state index in [-0.39, 0.29) is 12.8 Å². The molecule has 9 unspecified atom stereocenters. The number of unbranched alkanes of at least 4 members (excludes halogenated alkanes) is 52. The standard InChI is InChI=1S/C76H147NO10/c1-3-5-7-9-11-13-15-17-19-21-23-25-27-29-31-33-34-35-36-38-39-41-43-45-47-49-51-53-55-57-59-61-63-68(79)71(81)67(66-86-76-74(84)73(83)72(82)70(65-78)87-76)77-75(85)69(80)64-62-60-58-56-54-52-50-48-46-44-42-40-37-32-30-28-26-24-22-20-18-16-14-12-10-8-6-4-2/h47,49,55,57,67-74,76,78-84H,3-46,48,50-54,56,58-66H2,1-2H3,(H,77,85)/b49-47+,57-55+. The lowest BCUT2D eigenvalue weighted by Gasteiger charge is -2.40. The Morgan fingerprint density at radius 3 is 1.02 bits per heavy atom. The van der Waals surface area contributed by atoms with E-state index in [4.69, 9.17) is 9.47 Å². The zero-order chi connectivity index (χ0) is 63.1. The van der Waals surface area contributed by atoms with E-state index in [0.717, 1.165) is 38.5 Å². The van der Waals surface area contributed by atoms with Crippen molar-refractivity contribution in [2.45, 2.75) is 441 Å². The molecule has 9 atom stereocenters. The number of hydrogen-bond acceptors (Lipinski definition) is 10. The first-order chi connectivity index (χ1) is 42.7. The third kappa shape index (κ3) is 51.8. The molecule has 11 nitrogen and oxygen atoms in total. The second-order valence-electron chi connectivity index (χ2n) is 27.1. The highest BCUT2D eigenvalue weighted by Crippen LogP contribution is 2.24. The van der Waals surface area contributed by atoms with E-state index in [1.807, 2.05) is 0 Å². The first-order valence-electron chi connectivity index (χ1n) is 38.2. The van der Waals surface area contributed by atoms with Gasteiger partial charge < -0.3 is 50.5 Å². The molecule has 1 saturated heterocycles. The van der Waals surface area contributed by atoms with Crippen molar-refractivity contribution in [3.8, 4) is 0 Å². The maximum atomic E-state index is 13.3. The lowest BCUT2D eigenvalue weighted by Crippen LogP contribution is -2.60. The lowest BCUT2D eigenvalue weighted by molar-refractivity contribution is -0.303. The predicted molar refractivity (Wildman–Crippen MR) is 367 cm³/mol. The third-order valence-electron chi connectivity index (χ3n) is 18.7. The van der Waals surface area contributed by atoms with E-state index in [1.54, 1.807) is 0 Å². The van der Waals surface area contributed by atoms with Gasteiger partial charge in [-0.3, -0.25) is 4.79 Å². The first-order valence-corrected chi connectivity index (χ1v) is 38.2. The fraction of sp³-hybridized carbons (Fsp3) is 0.934. The molecule has 516 valence electrons. The predicted octanol–water partition coefficient (Wildman–Crippen LogP) is 19.1. The Labute approximate surface area is 537 Å². The van der Waals surface area contributed by atoms with E-state index in [2.05, 4.69) is 43.5 Å². The van der Waals surface area contributed by atoms with Crippen LogP contribution < -0.4 is 5.32 Å². The molecule has 0 aromatic rings. The first kappa shape index (κ1) is 83.6. The zero-order valence-electron chi connectivity index (χ0n) is 57.3. The van der Waals surface area contributed by atoms with Crippen LogP contribution in [-0.2, 0) is 14.3 Å². The molecule has 1 aliphatic heterocycles. The molecule has 0 bridgehead atoms. The van der Waals surface area contributed by atoms with Gasteiger partial charge in [-0.2, -0.15) is 0 Å². The topological polar surface area (TPSA) is 189 Å². The minimum Gasteiger partial charge on any atom is -0.394 e. The van der Waals surface area contributed by atoms with Gasteiger partial charge in [-0.25, -0.2) is 0 Å². The van der Waals surface area contributed by atoms with Crippen molar-refractivity contribution in [1.29, 1.82) is 0 Å². The molecule has 0 aromatic carbocycles. The molecule has 8 N–H and O–H groups in total. The largest absolute Gasteiger partial charge is 0.394 e. The van der Waals surface area contributed by atoms with E-state index >= 15 is 0 Å². The smallest absolute Gasteiger partial charge is 0.249 e. The number of hydrogen-bond donors (Lipinski definition) is 8. The molecular formula is C76H147NO10. The van der Waals surface area contributed by atoms with E-state index < -0.39 is 74.2 Å². The van der Waals surface area contributed by atoms with Crippen molar-refractivity contribution in [3.63, 3.8) is 0 Å². The molecule has 1 fully saturated rings. The van der Waals surface area contributed by atoms with Gasteiger partial charge in [-0.15, -0.1) is 0 Å². The Hall–Kier alpha value is -1.41. The SMILES string of the molecule is CCCCCCCCCCCCCCCCCCCCCCCCC/C=C/CC/C=C/CCCC(O)C(O)C(COC1OC(CO)C(O)C(O)C1O)NC(=O)C(O)CCCCCCCCCCCCCCCCCCCCCCCCCCCCCC. The second-order valence-corrected chi connectivity index (χ2v) is 27.1. The monoisotopic (exact) mass is 1230 g/mol. The third-order valence-corrected chi connectivity index (χ3v) is 18.7. The Kier molecular flexibility index (Phi) is 62.2. The average molecular weight is 1240 g/mol. The normalized spacial score (nSPS) is 18.7.